The Hall–Kier alpha value is -0.730. The predicted octanol–water partition coefficient (Wildman–Crippen LogP) is 2.36. The van der Waals surface area contributed by atoms with Gasteiger partial charge in [-0.2, -0.15) is 5.26 Å². The standard InChI is InChI=1S/C11H21N2O4P/c1-9(2)13(10(3)4)18(16-7-5-6-12)17-8-11(14)15/h9-10H,5,7-8H2,1-4H3,(H,14,15). The lowest BCUT2D eigenvalue weighted by atomic mass is 10.3. The summed E-state index contributed by atoms with van der Waals surface area (Å²) < 4.78 is 12.8. The molecule has 0 amide bonds. The molecule has 0 heterocycles. The molecule has 0 rings (SSSR count). The highest BCUT2D eigenvalue weighted by Crippen LogP contribution is 2.45. The van der Waals surface area contributed by atoms with Gasteiger partial charge in [-0.25, -0.2) is 9.46 Å². The van der Waals surface area contributed by atoms with Gasteiger partial charge in [-0.1, -0.05) is 0 Å². The van der Waals surface area contributed by atoms with Crippen LogP contribution < -0.4 is 0 Å². The van der Waals surface area contributed by atoms with Gasteiger partial charge < -0.3 is 14.2 Å². The first-order valence-electron chi connectivity index (χ1n) is 5.83. The third-order valence-corrected chi connectivity index (χ3v) is 4.02. The van der Waals surface area contributed by atoms with E-state index in [1.54, 1.807) is 0 Å². The van der Waals surface area contributed by atoms with Crippen LogP contribution in [-0.4, -0.2) is 41.0 Å². The van der Waals surface area contributed by atoms with Crippen LogP contribution in [0.15, 0.2) is 0 Å². The van der Waals surface area contributed by atoms with Gasteiger partial charge in [-0.05, 0) is 27.7 Å². The van der Waals surface area contributed by atoms with Gasteiger partial charge in [0.15, 0.2) is 6.61 Å². The van der Waals surface area contributed by atoms with Crippen molar-refractivity contribution in [2.45, 2.75) is 46.2 Å². The fourth-order valence-electron chi connectivity index (χ4n) is 1.42. The molecule has 0 aromatic rings. The van der Waals surface area contributed by atoms with Gasteiger partial charge in [0.1, 0.15) is 0 Å². The quantitative estimate of drug-likeness (QED) is 0.514. The molecule has 0 fully saturated rings. The Kier molecular flexibility index (Phi) is 8.86. The third-order valence-electron chi connectivity index (χ3n) is 1.96. The first-order valence-corrected chi connectivity index (χ1v) is 6.96. The molecule has 7 heteroatoms. The van der Waals surface area contributed by atoms with Crippen molar-refractivity contribution in [3.63, 3.8) is 0 Å². The van der Waals surface area contributed by atoms with Crippen molar-refractivity contribution in [2.75, 3.05) is 13.2 Å². The largest absolute Gasteiger partial charge is 0.480 e. The second-order valence-corrected chi connectivity index (χ2v) is 5.67. The Bertz CT molecular complexity index is 283. The van der Waals surface area contributed by atoms with Crippen LogP contribution >= 0.6 is 8.53 Å². The van der Waals surface area contributed by atoms with Crippen LogP contribution in [0.4, 0.5) is 0 Å². The first kappa shape index (κ1) is 17.3. The molecule has 0 saturated heterocycles. The summed E-state index contributed by atoms with van der Waals surface area (Å²) in [5.41, 5.74) is 0. The molecule has 0 saturated carbocycles. The van der Waals surface area contributed by atoms with E-state index in [-0.39, 0.29) is 25.1 Å². The van der Waals surface area contributed by atoms with Gasteiger partial charge >= 0.3 is 5.97 Å². The Balaban J connectivity index is 4.58. The van der Waals surface area contributed by atoms with E-state index in [1.807, 2.05) is 38.4 Å². The highest BCUT2D eigenvalue weighted by atomic mass is 31.2. The molecule has 6 nitrogen and oxygen atoms in total. The van der Waals surface area contributed by atoms with Gasteiger partial charge in [-0.15, -0.1) is 0 Å². The number of carbonyl (C=O) groups is 1. The zero-order chi connectivity index (χ0) is 14.1. The molecule has 0 aromatic heterocycles. The second-order valence-electron chi connectivity index (χ2n) is 4.21. The molecule has 1 atom stereocenters. The molecule has 104 valence electrons. The highest BCUT2D eigenvalue weighted by molar-refractivity contribution is 7.44. The summed E-state index contributed by atoms with van der Waals surface area (Å²) in [6, 6.07) is 2.33. The molecule has 1 unspecified atom stereocenters. The summed E-state index contributed by atoms with van der Waals surface area (Å²) in [5.74, 6) is -1.03. The SMILES string of the molecule is CC(C)N(C(C)C)P(OCCC#N)OCC(=O)O. The molecule has 1 N–H and O–H groups in total. The molecular formula is C11H21N2O4P. The van der Waals surface area contributed by atoms with Gasteiger partial charge in [0.2, 0.25) is 0 Å². The van der Waals surface area contributed by atoms with Crippen LogP contribution in [-0.2, 0) is 13.8 Å². The van der Waals surface area contributed by atoms with Gasteiger partial charge in [0.25, 0.3) is 8.53 Å². The molecule has 0 aliphatic carbocycles. The first-order chi connectivity index (χ1) is 8.40. The van der Waals surface area contributed by atoms with E-state index >= 15 is 0 Å². The van der Waals surface area contributed by atoms with Crippen LogP contribution in [0.2, 0.25) is 0 Å². The van der Waals surface area contributed by atoms with Crippen LogP contribution in [0.25, 0.3) is 0 Å². The molecule has 0 aliphatic heterocycles. The van der Waals surface area contributed by atoms with Crippen molar-refractivity contribution in [1.29, 1.82) is 5.26 Å². The lowest BCUT2D eigenvalue weighted by Crippen LogP contribution is -2.34. The number of carboxylic acid groups (broad SMARTS) is 1. The minimum atomic E-state index is -1.45. The van der Waals surface area contributed by atoms with Crippen molar-refractivity contribution in [1.82, 2.24) is 4.67 Å². The maximum Gasteiger partial charge on any atom is 0.330 e. The summed E-state index contributed by atoms with van der Waals surface area (Å²) in [6.45, 7) is 7.83. The van der Waals surface area contributed by atoms with Crippen molar-refractivity contribution < 1.29 is 18.9 Å². The Labute approximate surface area is 109 Å². The average molecular weight is 276 g/mol. The number of aliphatic carboxylic acids is 1. The number of hydrogen-bond acceptors (Lipinski definition) is 5. The Morgan fingerprint density at radius 1 is 1.33 bits per heavy atom. The summed E-state index contributed by atoms with van der Waals surface area (Å²) in [6.07, 6.45) is 0.263. The lowest BCUT2D eigenvalue weighted by molar-refractivity contribution is -0.139. The van der Waals surface area contributed by atoms with E-state index in [0.29, 0.717) is 0 Å². The van der Waals surface area contributed by atoms with Gasteiger partial charge in [0, 0.05) is 12.1 Å². The number of carboxylic acids is 1. The maximum absolute atomic E-state index is 10.6. The fourth-order valence-corrected chi connectivity index (χ4v) is 2.99. The zero-order valence-corrected chi connectivity index (χ0v) is 12.2. The highest BCUT2D eigenvalue weighted by Gasteiger charge is 2.27. The van der Waals surface area contributed by atoms with Crippen LogP contribution in [0.3, 0.4) is 0 Å². The van der Waals surface area contributed by atoms with Crippen LogP contribution in [0.1, 0.15) is 34.1 Å². The van der Waals surface area contributed by atoms with E-state index in [0.717, 1.165) is 0 Å². The molecule has 0 bridgehead atoms. The van der Waals surface area contributed by atoms with E-state index < -0.39 is 21.1 Å². The van der Waals surface area contributed by atoms with E-state index in [4.69, 9.17) is 19.4 Å². The van der Waals surface area contributed by atoms with E-state index in [1.165, 1.54) is 0 Å². The Morgan fingerprint density at radius 3 is 2.28 bits per heavy atom. The number of nitrogens with zero attached hydrogens (tertiary/aromatic N) is 2. The predicted molar refractivity (Wildman–Crippen MR) is 68.8 cm³/mol. The molecule has 0 spiro atoms. The van der Waals surface area contributed by atoms with Crippen molar-refractivity contribution in [2.24, 2.45) is 0 Å². The van der Waals surface area contributed by atoms with Crippen molar-refractivity contribution >= 4 is 14.5 Å². The number of hydrogen-bond donors (Lipinski definition) is 1. The smallest absolute Gasteiger partial charge is 0.330 e. The maximum atomic E-state index is 10.6. The Morgan fingerprint density at radius 2 is 1.89 bits per heavy atom. The lowest BCUT2D eigenvalue weighted by Gasteiger charge is -2.35. The monoisotopic (exact) mass is 276 g/mol. The van der Waals surface area contributed by atoms with Crippen LogP contribution in [0.5, 0.6) is 0 Å². The zero-order valence-electron chi connectivity index (χ0n) is 11.3. The summed E-state index contributed by atoms with van der Waals surface area (Å²) in [4.78, 5) is 10.6. The van der Waals surface area contributed by atoms with Crippen LogP contribution in [0, 0.1) is 11.3 Å². The third kappa shape index (κ3) is 6.87. The van der Waals surface area contributed by atoms with E-state index in [2.05, 4.69) is 0 Å². The van der Waals surface area contributed by atoms with Gasteiger partial charge in [0.05, 0.1) is 19.1 Å². The molecular weight excluding hydrogens is 255 g/mol. The molecule has 0 aromatic carbocycles. The molecule has 18 heavy (non-hydrogen) atoms. The minimum absolute atomic E-state index is 0.173. The summed E-state index contributed by atoms with van der Waals surface area (Å²) in [5, 5.41) is 17.1. The average Bonchev–Trinajstić information content (AvgIpc) is 2.24. The van der Waals surface area contributed by atoms with Crippen molar-refractivity contribution in [3.8, 4) is 6.07 Å². The van der Waals surface area contributed by atoms with E-state index in [9.17, 15) is 4.79 Å². The number of nitriles is 1. The normalized spacial score (nSPS) is 13.0. The minimum Gasteiger partial charge on any atom is -0.480 e. The molecule has 0 aliphatic rings. The summed E-state index contributed by atoms with van der Waals surface area (Å²) >= 11 is 0. The number of rotatable bonds is 9. The molecule has 0 radical (unpaired) electrons. The summed E-state index contributed by atoms with van der Waals surface area (Å²) in [7, 11) is -1.45. The van der Waals surface area contributed by atoms with Gasteiger partial charge in [-0.3, -0.25) is 0 Å². The topological polar surface area (TPSA) is 82.8 Å². The fraction of sp³-hybridized carbons (Fsp3) is 0.818. The second kappa shape index (κ2) is 9.23. The van der Waals surface area contributed by atoms with Crippen molar-refractivity contribution in [3.05, 3.63) is 0 Å².